The molecule has 2 N–H and O–H groups in total. The number of fused-ring (bicyclic) bond motifs is 1. The summed E-state index contributed by atoms with van der Waals surface area (Å²) in [6.07, 6.45) is 0. The van der Waals surface area contributed by atoms with Crippen LogP contribution >= 0.6 is 23.4 Å². The summed E-state index contributed by atoms with van der Waals surface area (Å²) in [7, 11) is 3.19. The van der Waals surface area contributed by atoms with E-state index in [9.17, 15) is 4.79 Å². The van der Waals surface area contributed by atoms with Crippen LogP contribution in [-0.4, -0.2) is 34.9 Å². The number of nitrogens with one attached hydrogen (secondary N) is 2. The van der Waals surface area contributed by atoms with Crippen LogP contribution in [-0.2, 0) is 10.5 Å². The third kappa shape index (κ3) is 5.20. The van der Waals surface area contributed by atoms with E-state index in [0.717, 1.165) is 16.9 Å². The maximum atomic E-state index is 13.7. The van der Waals surface area contributed by atoms with Crippen molar-refractivity contribution in [1.29, 1.82) is 0 Å². The van der Waals surface area contributed by atoms with E-state index in [4.69, 9.17) is 31.2 Å². The topological polar surface area (TPSA) is 90.3 Å². The lowest BCUT2D eigenvalue weighted by molar-refractivity contribution is -0.113. The summed E-state index contributed by atoms with van der Waals surface area (Å²) in [5.41, 5.74) is 3.64. The minimum absolute atomic E-state index is 0.272. The van der Waals surface area contributed by atoms with Crippen molar-refractivity contribution in [3.63, 3.8) is 0 Å². The largest absolute Gasteiger partial charge is 0.497 e. The monoisotopic (exact) mass is 547 g/mol. The zero-order valence-corrected chi connectivity index (χ0v) is 22.6. The van der Waals surface area contributed by atoms with Gasteiger partial charge in [-0.3, -0.25) is 4.79 Å². The number of carbonyl (C=O) groups excluding carboxylic acids is 1. The second kappa shape index (κ2) is 11.2. The second-order valence-electron chi connectivity index (χ2n) is 8.54. The van der Waals surface area contributed by atoms with Gasteiger partial charge in [-0.2, -0.15) is 4.98 Å². The number of hydrogen-bond donors (Lipinski definition) is 2. The quantitative estimate of drug-likeness (QED) is 0.255. The molecule has 0 aliphatic carbocycles. The predicted molar refractivity (Wildman–Crippen MR) is 150 cm³/mol. The average Bonchev–Trinajstić information content (AvgIpc) is 3.34. The number of rotatable bonds is 8. The molecule has 38 heavy (non-hydrogen) atoms. The van der Waals surface area contributed by atoms with Gasteiger partial charge in [0.2, 0.25) is 11.1 Å². The third-order valence-electron chi connectivity index (χ3n) is 6.18. The summed E-state index contributed by atoms with van der Waals surface area (Å²) in [6.45, 7) is 1.86. The fourth-order valence-corrected chi connectivity index (χ4v) is 5.39. The summed E-state index contributed by atoms with van der Waals surface area (Å²) in [5, 5.41) is 12.3. The zero-order valence-electron chi connectivity index (χ0n) is 21.1. The molecule has 0 radical (unpaired) electrons. The highest BCUT2D eigenvalue weighted by Gasteiger charge is 2.34. The van der Waals surface area contributed by atoms with Gasteiger partial charge in [0, 0.05) is 16.5 Å². The van der Waals surface area contributed by atoms with Gasteiger partial charge in [-0.25, -0.2) is 4.68 Å². The molecular formula is C28H26ClN5O3S. The van der Waals surface area contributed by atoms with E-state index in [1.807, 2.05) is 67.6 Å². The lowest BCUT2D eigenvalue weighted by Gasteiger charge is -2.29. The molecule has 4 aromatic rings. The molecular weight excluding hydrogens is 522 g/mol. The van der Waals surface area contributed by atoms with Gasteiger partial charge in [-0.15, -0.1) is 5.10 Å². The van der Waals surface area contributed by atoms with E-state index in [2.05, 4.69) is 10.6 Å². The number of carbonyl (C=O) groups is 1. The highest BCUT2D eigenvalue weighted by atomic mass is 35.5. The summed E-state index contributed by atoms with van der Waals surface area (Å²) < 4.78 is 12.5. The molecule has 10 heteroatoms. The number of para-hydroxylation sites is 2. The van der Waals surface area contributed by atoms with Crippen LogP contribution < -0.4 is 20.1 Å². The van der Waals surface area contributed by atoms with Crippen molar-refractivity contribution in [3.8, 4) is 11.5 Å². The number of ether oxygens (including phenoxy) is 2. The number of anilines is 2. The second-order valence-corrected chi connectivity index (χ2v) is 9.89. The molecule has 1 aliphatic heterocycles. The Hall–Kier alpha value is -3.95. The molecule has 0 saturated heterocycles. The van der Waals surface area contributed by atoms with Crippen LogP contribution in [0.5, 0.6) is 11.5 Å². The Balaban J connectivity index is 1.50. The van der Waals surface area contributed by atoms with Crippen LogP contribution in [0.1, 0.15) is 24.1 Å². The van der Waals surface area contributed by atoms with E-state index in [1.165, 1.54) is 11.8 Å². The van der Waals surface area contributed by atoms with Gasteiger partial charge in [0.15, 0.2) is 0 Å². The molecule has 0 spiro atoms. The molecule has 0 bridgehead atoms. The number of amides is 1. The fraction of sp³-hybridized carbons (Fsp3) is 0.179. The fourth-order valence-electron chi connectivity index (χ4n) is 4.28. The van der Waals surface area contributed by atoms with Crippen molar-refractivity contribution < 1.29 is 14.3 Å². The van der Waals surface area contributed by atoms with Crippen LogP contribution in [0.25, 0.3) is 0 Å². The lowest BCUT2D eigenvalue weighted by atomic mass is 9.95. The van der Waals surface area contributed by atoms with E-state index in [0.29, 0.717) is 44.6 Å². The summed E-state index contributed by atoms with van der Waals surface area (Å²) in [6, 6.07) is 22.1. The molecule has 1 unspecified atom stereocenters. The molecule has 0 fully saturated rings. The molecule has 3 aromatic carbocycles. The third-order valence-corrected chi connectivity index (χ3v) is 7.43. The van der Waals surface area contributed by atoms with Crippen molar-refractivity contribution in [2.24, 2.45) is 0 Å². The minimum Gasteiger partial charge on any atom is -0.497 e. The molecule has 8 nitrogen and oxygen atoms in total. The van der Waals surface area contributed by atoms with E-state index >= 15 is 0 Å². The number of benzene rings is 3. The van der Waals surface area contributed by atoms with Gasteiger partial charge in [-0.05, 0) is 48.4 Å². The van der Waals surface area contributed by atoms with Gasteiger partial charge >= 0.3 is 0 Å². The maximum Gasteiger partial charge on any atom is 0.255 e. The summed E-state index contributed by atoms with van der Waals surface area (Å²) in [4.78, 5) is 18.5. The van der Waals surface area contributed by atoms with Gasteiger partial charge in [0.05, 0.1) is 25.5 Å². The number of methoxy groups -OCH3 is 2. The number of nitrogens with zero attached hydrogens (tertiary/aromatic N) is 3. The van der Waals surface area contributed by atoms with E-state index in [-0.39, 0.29) is 5.91 Å². The van der Waals surface area contributed by atoms with E-state index < -0.39 is 6.04 Å². The van der Waals surface area contributed by atoms with Crippen LogP contribution in [0.15, 0.2) is 89.2 Å². The number of thioether (sulfide) groups is 1. The molecule has 1 amide bonds. The first-order valence-corrected chi connectivity index (χ1v) is 13.2. The number of halogens is 1. The molecule has 0 saturated carbocycles. The van der Waals surface area contributed by atoms with Crippen LogP contribution in [0.4, 0.5) is 11.6 Å². The van der Waals surface area contributed by atoms with Crippen molar-refractivity contribution in [3.05, 3.63) is 100 Å². The standard InChI is InChI=1S/C28H26ClN5O3S/c1-17-24(26(35)31-22-10-6-7-11-23(22)37-3)25(18-12-14-20(36-2)15-13-18)34-27(30-17)32-28(33-34)38-16-19-8-4-5-9-21(19)29/h4-15,25H,16H2,1-3H3,(H,31,35)(H,30,32,33). The zero-order chi connectivity index (χ0) is 26.6. The Morgan fingerprint density at radius 1 is 1.05 bits per heavy atom. The van der Waals surface area contributed by atoms with Crippen molar-refractivity contribution in [1.82, 2.24) is 14.8 Å². The highest BCUT2D eigenvalue weighted by molar-refractivity contribution is 7.98. The van der Waals surface area contributed by atoms with Gasteiger partial charge < -0.3 is 20.1 Å². The maximum absolute atomic E-state index is 13.7. The number of aromatic nitrogens is 3. The van der Waals surface area contributed by atoms with Crippen molar-refractivity contribution >= 4 is 40.9 Å². The lowest BCUT2D eigenvalue weighted by Crippen LogP contribution is -2.31. The van der Waals surface area contributed by atoms with Gasteiger partial charge in [-0.1, -0.05) is 65.8 Å². The van der Waals surface area contributed by atoms with Gasteiger partial charge in [0.25, 0.3) is 5.91 Å². The Morgan fingerprint density at radius 3 is 2.53 bits per heavy atom. The average molecular weight is 548 g/mol. The van der Waals surface area contributed by atoms with Crippen molar-refractivity contribution in [2.45, 2.75) is 23.9 Å². The molecule has 1 aromatic heterocycles. The molecule has 1 atom stereocenters. The Kier molecular flexibility index (Phi) is 7.57. The Bertz CT molecular complexity index is 1500. The minimum atomic E-state index is -0.519. The first-order valence-electron chi connectivity index (χ1n) is 11.9. The highest BCUT2D eigenvalue weighted by Crippen LogP contribution is 2.38. The van der Waals surface area contributed by atoms with E-state index in [1.54, 1.807) is 31.0 Å². The summed E-state index contributed by atoms with van der Waals surface area (Å²) >= 11 is 7.82. The first-order chi connectivity index (χ1) is 18.5. The molecule has 1 aliphatic rings. The van der Waals surface area contributed by atoms with Crippen LogP contribution in [0, 0.1) is 0 Å². The molecule has 2 heterocycles. The Labute approximate surface area is 230 Å². The Morgan fingerprint density at radius 2 is 1.79 bits per heavy atom. The predicted octanol–water partition coefficient (Wildman–Crippen LogP) is 6.17. The normalized spacial score (nSPS) is 14.5. The molecule has 194 valence electrons. The van der Waals surface area contributed by atoms with Gasteiger partial charge in [0.1, 0.15) is 17.5 Å². The summed E-state index contributed by atoms with van der Waals surface area (Å²) in [5.74, 6) is 2.19. The smallest absolute Gasteiger partial charge is 0.255 e. The SMILES string of the molecule is COc1ccc(C2C(C(=O)Nc3ccccc3OC)=C(C)Nc3nc(SCc4ccccc4Cl)nn32)cc1. The van der Waals surface area contributed by atoms with Crippen molar-refractivity contribution in [2.75, 3.05) is 24.9 Å². The number of allylic oxidation sites excluding steroid dienone is 1. The van der Waals surface area contributed by atoms with Crippen LogP contribution in [0.3, 0.4) is 0 Å². The van der Waals surface area contributed by atoms with Crippen LogP contribution in [0.2, 0.25) is 5.02 Å². The number of hydrogen-bond acceptors (Lipinski definition) is 7. The molecule has 5 rings (SSSR count). The first kappa shape index (κ1) is 25.7.